The number of hydrogen-bond donors (Lipinski definition) is 1. The van der Waals surface area contributed by atoms with Crippen LogP contribution in [-0.4, -0.2) is 21.5 Å². The minimum atomic E-state index is -3.44. The van der Waals surface area contributed by atoms with Crippen LogP contribution in [0.5, 0.6) is 0 Å². The SMILES string of the molecule is CCc1ccc(S(=O)(=O)NCCN=[N+]=[N-])s1. The fourth-order valence-electron chi connectivity index (χ4n) is 1.04. The molecule has 1 rings (SSSR count). The molecule has 0 aliphatic rings. The Morgan fingerprint density at radius 1 is 1.56 bits per heavy atom. The van der Waals surface area contributed by atoms with E-state index in [-0.39, 0.29) is 13.1 Å². The predicted octanol–water partition coefficient (Wildman–Crippen LogP) is 1.90. The largest absolute Gasteiger partial charge is 0.250 e. The summed E-state index contributed by atoms with van der Waals surface area (Å²) in [5.74, 6) is 0. The molecule has 1 aromatic rings. The molecule has 0 atom stereocenters. The van der Waals surface area contributed by atoms with Crippen molar-refractivity contribution in [1.29, 1.82) is 0 Å². The minimum absolute atomic E-state index is 0.113. The second kappa shape index (κ2) is 5.86. The Morgan fingerprint density at radius 3 is 2.88 bits per heavy atom. The maximum atomic E-state index is 11.7. The zero-order valence-corrected chi connectivity index (χ0v) is 10.4. The highest BCUT2D eigenvalue weighted by molar-refractivity contribution is 7.91. The van der Waals surface area contributed by atoms with E-state index in [1.54, 1.807) is 12.1 Å². The van der Waals surface area contributed by atoms with Crippen LogP contribution in [-0.2, 0) is 16.4 Å². The highest BCUT2D eigenvalue weighted by Crippen LogP contribution is 2.21. The van der Waals surface area contributed by atoms with E-state index < -0.39 is 10.0 Å². The van der Waals surface area contributed by atoms with E-state index in [9.17, 15) is 8.42 Å². The van der Waals surface area contributed by atoms with Crippen molar-refractivity contribution in [1.82, 2.24) is 4.72 Å². The molecule has 0 spiro atoms. The molecule has 0 aliphatic carbocycles. The van der Waals surface area contributed by atoms with E-state index in [4.69, 9.17) is 5.53 Å². The maximum Gasteiger partial charge on any atom is 0.250 e. The summed E-state index contributed by atoms with van der Waals surface area (Å²) >= 11 is 1.25. The Bertz CT molecular complexity index is 488. The van der Waals surface area contributed by atoms with Crippen molar-refractivity contribution in [3.63, 3.8) is 0 Å². The lowest BCUT2D eigenvalue weighted by Crippen LogP contribution is -2.25. The Hall–Kier alpha value is -1.08. The van der Waals surface area contributed by atoms with Crippen molar-refractivity contribution in [2.75, 3.05) is 13.1 Å². The second-order valence-electron chi connectivity index (χ2n) is 2.93. The standard InChI is InChI=1S/C8H12N4O2S2/c1-2-7-3-4-8(15-7)16(13,14)11-6-5-10-12-9/h3-4,11H,2,5-6H2,1H3. The van der Waals surface area contributed by atoms with Gasteiger partial charge in [0.05, 0.1) is 0 Å². The summed E-state index contributed by atoms with van der Waals surface area (Å²) in [6.07, 6.45) is 0.818. The molecule has 6 nitrogen and oxygen atoms in total. The van der Waals surface area contributed by atoms with Crippen LogP contribution in [0.25, 0.3) is 10.4 Å². The van der Waals surface area contributed by atoms with Gasteiger partial charge in [0.2, 0.25) is 10.0 Å². The van der Waals surface area contributed by atoms with Gasteiger partial charge in [-0.25, -0.2) is 13.1 Å². The molecule has 0 aliphatic heterocycles. The average Bonchev–Trinajstić information content (AvgIpc) is 2.73. The molecule has 1 heterocycles. The van der Waals surface area contributed by atoms with E-state index in [1.165, 1.54) is 11.3 Å². The van der Waals surface area contributed by atoms with Crippen LogP contribution in [0.15, 0.2) is 21.5 Å². The van der Waals surface area contributed by atoms with Crippen molar-refractivity contribution < 1.29 is 8.42 Å². The molecule has 1 aromatic heterocycles. The maximum absolute atomic E-state index is 11.7. The van der Waals surface area contributed by atoms with Crippen molar-refractivity contribution >= 4 is 21.4 Å². The third-order valence-corrected chi connectivity index (χ3v) is 5.00. The number of sulfonamides is 1. The van der Waals surface area contributed by atoms with Gasteiger partial charge in [-0.2, -0.15) is 0 Å². The highest BCUT2D eigenvalue weighted by Gasteiger charge is 2.15. The first-order valence-corrected chi connectivity index (χ1v) is 6.99. The van der Waals surface area contributed by atoms with Gasteiger partial charge in [0.25, 0.3) is 0 Å². The molecule has 0 amide bonds. The quantitative estimate of drug-likeness (QED) is 0.366. The lowest BCUT2D eigenvalue weighted by atomic mass is 10.4. The Balaban J connectivity index is 2.66. The van der Waals surface area contributed by atoms with Crippen molar-refractivity contribution in [3.05, 3.63) is 27.5 Å². The average molecular weight is 260 g/mol. The molecule has 0 aromatic carbocycles. The second-order valence-corrected chi connectivity index (χ2v) is 6.09. The van der Waals surface area contributed by atoms with E-state index in [2.05, 4.69) is 14.7 Å². The lowest BCUT2D eigenvalue weighted by molar-refractivity contribution is 0.584. The normalized spacial score (nSPS) is 11.1. The van der Waals surface area contributed by atoms with E-state index >= 15 is 0 Å². The number of rotatable bonds is 6. The summed E-state index contributed by atoms with van der Waals surface area (Å²) in [6.45, 7) is 2.20. The summed E-state index contributed by atoms with van der Waals surface area (Å²) in [5, 5.41) is 3.25. The first kappa shape index (κ1) is 13.0. The molecule has 0 unspecified atom stereocenters. The van der Waals surface area contributed by atoms with Gasteiger partial charge in [-0.1, -0.05) is 12.0 Å². The van der Waals surface area contributed by atoms with Crippen LogP contribution in [0.4, 0.5) is 0 Å². The smallest absolute Gasteiger partial charge is 0.210 e. The van der Waals surface area contributed by atoms with Crippen LogP contribution >= 0.6 is 11.3 Å². The number of azide groups is 1. The molecule has 0 saturated heterocycles. The molecule has 88 valence electrons. The molecular formula is C8H12N4O2S2. The number of nitrogens with one attached hydrogen (secondary N) is 1. The molecule has 1 N–H and O–H groups in total. The number of aryl methyl sites for hydroxylation is 1. The lowest BCUT2D eigenvalue weighted by Gasteiger charge is -2.01. The molecule has 8 heteroatoms. The van der Waals surface area contributed by atoms with E-state index in [0.717, 1.165) is 11.3 Å². The molecule has 0 saturated carbocycles. The van der Waals surface area contributed by atoms with Crippen molar-refractivity contribution in [2.45, 2.75) is 17.6 Å². The fraction of sp³-hybridized carbons (Fsp3) is 0.500. The summed E-state index contributed by atoms with van der Waals surface area (Å²) in [6, 6.07) is 3.38. The summed E-state index contributed by atoms with van der Waals surface area (Å²) < 4.78 is 26.0. The topological polar surface area (TPSA) is 94.9 Å². The van der Waals surface area contributed by atoms with Gasteiger partial charge < -0.3 is 0 Å². The van der Waals surface area contributed by atoms with Gasteiger partial charge in [-0.15, -0.1) is 11.3 Å². The zero-order chi connectivity index (χ0) is 12.0. The first-order chi connectivity index (χ1) is 7.60. The van der Waals surface area contributed by atoms with Gasteiger partial charge in [-0.05, 0) is 24.1 Å². The fourth-order valence-corrected chi connectivity index (χ4v) is 3.40. The summed E-state index contributed by atoms with van der Waals surface area (Å²) in [4.78, 5) is 3.56. The van der Waals surface area contributed by atoms with Crippen LogP contribution in [0, 0.1) is 0 Å². The molecular weight excluding hydrogens is 248 g/mol. The Kier molecular flexibility index (Phi) is 4.75. The Labute approximate surface area is 98.0 Å². The zero-order valence-electron chi connectivity index (χ0n) is 8.75. The van der Waals surface area contributed by atoms with Gasteiger partial charge >= 0.3 is 0 Å². The molecule has 0 fully saturated rings. The van der Waals surface area contributed by atoms with Gasteiger partial charge in [0.1, 0.15) is 4.21 Å². The highest BCUT2D eigenvalue weighted by atomic mass is 32.2. The van der Waals surface area contributed by atoms with Crippen LogP contribution in [0.3, 0.4) is 0 Å². The number of nitrogens with zero attached hydrogens (tertiary/aromatic N) is 3. The van der Waals surface area contributed by atoms with E-state index in [1.807, 2.05) is 6.92 Å². The van der Waals surface area contributed by atoms with Gasteiger partial charge in [0.15, 0.2) is 0 Å². The van der Waals surface area contributed by atoms with E-state index in [0.29, 0.717) is 4.21 Å². The van der Waals surface area contributed by atoms with Crippen molar-refractivity contribution in [3.8, 4) is 0 Å². The minimum Gasteiger partial charge on any atom is -0.210 e. The van der Waals surface area contributed by atoms with Gasteiger partial charge in [-0.3, -0.25) is 0 Å². The predicted molar refractivity (Wildman–Crippen MR) is 62.9 cm³/mol. The van der Waals surface area contributed by atoms with Gasteiger partial charge in [0, 0.05) is 22.9 Å². The van der Waals surface area contributed by atoms with Crippen LogP contribution in [0.2, 0.25) is 0 Å². The molecule has 0 bridgehead atoms. The molecule has 16 heavy (non-hydrogen) atoms. The third kappa shape index (κ3) is 3.49. The Morgan fingerprint density at radius 2 is 2.31 bits per heavy atom. The van der Waals surface area contributed by atoms with Crippen molar-refractivity contribution in [2.24, 2.45) is 5.11 Å². The summed E-state index contributed by atoms with van der Waals surface area (Å²) in [5.41, 5.74) is 8.03. The van der Waals surface area contributed by atoms with Crippen LogP contribution < -0.4 is 4.72 Å². The number of thiophene rings is 1. The van der Waals surface area contributed by atoms with Crippen LogP contribution in [0.1, 0.15) is 11.8 Å². The molecule has 0 radical (unpaired) electrons. The third-order valence-electron chi connectivity index (χ3n) is 1.82. The monoisotopic (exact) mass is 260 g/mol. The first-order valence-electron chi connectivity index (χ1n) is 4.69. The summed E-state index contributed by atoms with van der Waals surface area (Å²) in [7, 11) is -3.44. The number of hydrogen-bond acceptors (Lipinski definition) is 4.